The van der Waals surface area contributed by atoms with E-state index in [1.165, 1.54) is 7.11 Å². The maximum atomic E-state index is 12.4. The fourth-order valence-corrected chi connectivity index (χ4v) is 2.49. The van der Waals surface area contributed by atoms with Crippen molar-refractivity contribution in [3.63, 3.8) is 0 Å². The van der Waals surface area contributed by atoms with Crippen LogP contribution in [0.5, 0.6) is 0 Å². The van der Waals surface area contributed by atoms with Gasteiger partial charge in [0.2, 0.25) is 0 Å². The fourth-order valence-electron chi connectivity index (χ4n) is 2.49. The van der Waals surface area contributed by atoms with Crippen LogP contribution in [0.3, 0.4) is 0 Å². The van der Waals surface area contributed by atoms with Gasteiger partial charge in [0.05, 0.1) is 12.8 Å². The molecule has 2 N–H and O–H groups in total. The molecule has 1 heterocycles. The van der Waals surface area contributed by atoms with Crippen LogP contribution in [-0.4, -0.2) is 34.6 Å². The molecule has 0 aliphatic rings. The largest absolute Gasteiger partial charge is 0.468 e. The van der Waals surface area contributed by atoms with Crippen LogP contribution in [0.4, 0.5) is 0 Å². The summed E-state index contributed by atoms with van der Waals surface area (Å²) in [7, 11) is 3.16. The molecule has 112 valence electrons. The van der Waals surface area contributed by atoms with Gasteiger partial charge >= 0.3 is 5.97 Å². The van der Waals surface area contributed by atoms with E-state index in [4.69, 9.17) is 10.5 Å². The van der Waals surface area contributed by atoms with Crippen molar-refractivity contribution in [1.29, 1.82) is 0 Å². The lowest BCUT2D eigenvalue weighted by Gasteiger charge is -2.29. The van der Waals surface area contributed by atoms with E-state index >= 15 is 0 Å². The van der Waals surface area contributed by atoms with Gasteiger partial charge in [0.1, 0.15) is 5.41 Å². The number of benzene rings is 1. The Morgan fingerprint density at radius 3 is 2.76 bits per heavy atom. The number of aryl methyl sites for hydroxylation is 2. The Balaban J connectivity index is 2.50. The number of aromatic nitrogens is 3. The molecule has 2 aromatic rings. The maximum absolute atomic E-state index is 12.4. The summed E-state index contributed by atoms with van der Waals surface area (Å²) in [6.07, 6.45) is 2.14. The first kappa shape index (κ1) is 15.2. The van der Waals surface area contributed by atoms with Gasteiger partial charge in [-0.2, -0.15) is 0 Å². The second kappa shape index (κ2) is 6.05. The molecular formula is C15H20N4O2. The molecule has 1 aromatic carbocycles. The van der Waals surface area contributed by atoms with Gasteiger partial charge in [0, 0.05) is 26.2 Å². The van der Waals surface area contributed by atoms with E-state index in [2.05, 4.69) is 10.3 Å². The number of hydrogen-bond acceptors (Lipinski definition) is 5. The van der Waals surface area contributed by atoms with E-state index in [0.717, 1.165) is 11.1 Å². The molecule has 0 aliphatic carbocycles. The van der Waals surface area contributed by atoms with Crippen LogP contribution in [0.1, 0.15) is 16.8 Å². The molecule has 0 aliphatic heterocycles. The third kappa shape index (κ3) is 2.95. The van der Waals surface area contributed by atoms with Crippen LogP contribution >= 0.6 is 0 Å². The Hall–Kier alpha value is -2.21. The van der Waals surface area contributed by atoms with E-state index in [-0.39, 0.29) is 12.5 Å². The number of nitrogens with two attached hydrogens (primary N) is 1. The molecule has 0 bridgehead atoms. The highest BCUT2D eigenvalue weighted by atomic mass is 16.5. The zero-order chi connectivity index (χ0) is 15.5. The highest BCUT2D eigenvalue weighted by Gasteiger charge is 2.41. The van der Waals surface area contributed by atoms with Crippen LogP contribution in [0.15, 0.2) is 30.5 Å². The molecule has 2 rings (SSSR count). The maximum Gasteiger partial charge on any atom is 0.317 e. The van der Waals surface area contributed by atoms with Crippen LogP contribution in [-0.2, 0) is 28.4 Å². The number of hydrogen-bond donors (Lipinski definition) is 1. The van der Waals surface area contributed by atoms with Gasteiger partial charge in [-0.1, -0.05) is 35.0 Å². The summed E-state index contributed by atoms with van der Waals surface area (Å²) < 4.78 is 6.61. The smallest absolute Gasteiger partial charge is 0.317 e. The zero-order valence-corrected chi connectivity index (χ0v) is 12.5. The minimum Gasteiger partial charge on any atom is -0.468 e. The summed E-state index contributed by atoms with van der Waals surface area (Å²) in [5, 5.41) is 7.97. The number of carbonyl (C=O) groups is 1. The summed E-state index contributed by atoms with van der Waals surface area (Å²) in [4.78, 5) is 12.4. The number of nitrogens with zero attached hydrogens (tertiary/aromatic N) is 3. The third-order valence-corrected chi connectivity index (χ3v) is 3.63. The van der Waals surface area contributed by atoms with Gasteiger partial charge < -0.3 is 10.5 Å². The quantitative estimate of drug-likeness (QED) is 0.820. The van der Waals surface area contributed by atoms with Crippen molar-refractivity contribution in [1.82, 2.24) is 15.0 Å². The van der Waals surface area contributed by atoms with Crippen molar-refractivity contribution in [3.8, 4) is 0 Å². The lowest BCUT2D eigenvalue weighted by Crippen LogP contribution is -2.46. The Morgan fingerprint density at radius 2 is 2.24 bits per heavy atom. The summed E-state index contributed by atoms with van der Waals surface area (Å²) in [5.41, 5.74) is 7.62. The predicted octanol–water partition coefficient (Wildman–Crippen LogP) is 0.736. The first-order valence-electron chi connectivity index (χ1n) is 6.72. The molecule has 0 spiro atoms. The second-order valence-corrected chi connectivity index (χ2v) is 5.21. The zero-order valence-electron chi connectivity index (χ0n) is 12.5. The average Bonchev–Trinajstić information content (AvgIpc) is 2.89. The van der Waals surface area contributed by atoms with Crippen LogP contribution in [0.2, 0.25) is 0 Å². The Bertz CT molecular complexity index is 638. The summed E-state index contributed by atoms with van der Waals surface area (Å²) in [5.74, 6) is -0.360. The number of methoxy groups -OCH3 is 1. The highest BCUT2D eigenvalue weighted by Crippen LogP contribution is 2.29. The Labute approximate surface area is 123 Å². The summed E-state index contributed by atoms with van der Waals surface area (Å²) in [6, 6.07) is 7.74. The summed E-state index contributed by atoms with van der Waals surface area (Å²) in [6.45, 7) is 2.12. The number of rotatable bonds is 5. The van der Waals surface area contributed by atoms with Crippen LogP contribution < -0.4 is 5.73 Å². The van der Waals surface area contributed by atoms with Gasteiger partial charge in [-0.25, -0.2) is 0 Å². The van der Waals surface area contributed by atoms with Crippen molar-refractivity contribution < 1.29 is 9.53 Å². The minimum atomic E-state index is -0.948. The fraction of sp³-hybridized carbons (Fsp3) is 0.400. The van der Waals surface area contributed by atoms with E-state index < -0.39 is 5.41 Å². The Kier molecular flexibility index (Phi) is 4.37. The number of ether oxygens (including phenoxy) is 1. The van der Waals surface area contributed by atoms with Gasteiger partial charge in [0.15, 0.2) is 0 Å². The SMILES string of the molecule is COC(=O)C(CN)(Cc1cn(C)nn1)c1cccc(C)c1. The molecule has 6 heteroatoms. The van der Waals surface area contributed by atoms with Crippen molar-refractivity contribution in [2.75, 3.05) is 13.7 Å². The standard InChI is InChI=1S/C15H20N4O2/c1-11-5-4-6-12(7-11)15(10-16,14(20)21-3)8-13-9-19(2)18-17-13/h4-7,9H,8,10,16H2,1-3H3. The number of esters is 1. The van der Waals surface area contributed by atoms with Crippen LogP contribution in [0.25, 0.3) is 0 Å². The molecule has 21 heavy (non-hydrogen) atoms. The van der Waals surface area contributed by atoms with E-state index in [1.807, 2.05) is 31.2 Å². The van der Waals surface area contributed by atoms with Gasteiger partial charge in [-0.15, -0.1) is 5.10 Å². The molecule has 0 fully saturated rings. The predicted molar refractivity (Wildman–Crippen MR) is 78.6 cm³/mol. The first-order chi connectivity index (χ1) is 10.0. The molecule has 1 atom stereocenters. The molecule has 0 radical (unpaired) electrons. The van der Waals surface area contributed by atoms with Crippen molar-refractivity contribution >= 4 is 5.97 Å². The van der Waals surface area contributed by atoms with E-state index in [1.54, 1.807) is 17.9 Å². The molecule has 6 nitrogen and oxygen atoms in total. The molecule has 0 saturated heterocycles. The molecule has 0 saturated carbocycles. The lowest BCUT2D eigenvalue weighted by atomic mass is 9.76. The molecular weight excluding hydrogens is 268 g/mol. The average molecular weight is 288 g/mol. The van der Waals surface area contributed by atoms with Gasteiger partial charge in [-0.05, 0) is 12.5 Å². The van der Waals surface area contributed by atoms with Crippen molar-refractivity contribution in [2.45, 2.75) is 18.8 Å². The lowest BCUT2D eigenvalue weighted by molar-refractivity contribution is -0.147. The Morgan fingerprint density at radius 1 is 1.48 bits per heavy atom. The van der Waals surface area contributed by atoms with Crippen LogP contribution in [0, 0.1) is 6.92 Å². The molecule has 0 amide bonds. The van der Waals surface area contributed by atoms with Crippen molar-refractivity contribution in [2.24, 2.45) is 12.8 Å². The molecule has 1 aromatic heterocycles. The number of carbonyl (C=O) groups excluding carboxylic acids is 1. The van der Waals surface area contributed by atoms with E-state index in [0.29, 0.717) is 12.1 Å². The molecule has 1 unspecified atom stereocenters. The highest BCUT2D eigenvalue weighted by molar-refractivity contribution is 5.84. The van der Waals surface area contributed by atoms with Gasteiger partial charge in [0.25, 0.3) is 0 Å². The second-order valence-electron chi connectivity index (χ2n) is 5.21. The van der Waals surface area contributed by atoms with E-state index in [9.17, 15) is 4.79 Å². The normalized spacial score (nSPS) is 13.7. The monoisotopic (exact) mass is 288 g/mol. The minimum absolute atomic E-state index is 0.139. The van der Waals surface area contributed by atoms with Gasteiger partial charge in [-0.3, -0.25) is 9.48 Å². The first-order valence-corrected chi connectivity index (χ1v) is 6.72. The third-order valence-electron chi connectivity index (χ3n) is 3.63. The van der Waals surface area contributed by atoms with Crippen molar-refractivity contribution in [3.05, 3.63) is 47.3 Å². The topological polar surface area (TPSA) is 83.0 Å². The summed E-state index contributed by atoms with van der Waals surface area (Å²) >= 11 is 0.